The maximum Gasteiger partial charge on any atom is 0.126 e. The van der Waals surface area contributed by atoms with Crippen molar-refractivity contribution in [2.24, 2.45) is 17.2 Å². The van der Waals surface area contributed by atoms with E-state index in [1.165, 1.54) is 6.07 Å². The number of nitrogens with one attached hydrogen (secondary N) is 1. The van der Waals surface area contributed by atoms with Crippen LogP contribution in [0.4, 0.5) is 4.39 Å². The number of hydrogen-bond acceptors (Lipinski definition) is 2. The fourth-order valence-corrected chi connectivity index (χ4v) is 1.89. The second-order valence-electron chi connectivity index (χ2n) is 6.23. The van der Waals surface area contributed by atoms with Crippen LogP contribution in [0.1, 0.15) is 51.3 Å². The molecule has 0 heterocycles. The minimum atomic E-state index is -0.168. The lowest BCUT2D eigenvalue weighted by Crippen LogP contribution is -2.32. The number of hydrogen-bond donors (Lipinski definition) is 2. The zero-order valence-electron chi connectivity index (χ0n) is 12.0. The van der Waals surface area contributed by atoms with Crippen LogP contribution in [0.3, 0.4) is 0 Å². The predicted octanol–water partition coefficient (Wildman–Crippen LogP) is 3.71. The van der Waals surface area contributed by atoms with Crippen molar-refractivity contribution in [1.29, 1.82) is 0 Å². The molecular weight excluding hydrogens is 227 g/mol. The molecule has 1 aromatic rings. The van der Waals surface area contributed by atoms with Gasteiger partial charge in [0.05, 0.1) is 0 Å². The lowest BCUT2D eigenvalue weighted by Gasteiger charge is -2.30. The minimum absolute atomic E-state index is 0.0681. The molecule has 2 unspecified atom stereocenters. The lowest BCUT2D eigenvalue weighted by atomic mass is 9.77. The maximum absolute atomic E-state index is 13.3. The molecule has 0 fully saturated rings. The molecule has 3 heteroatoms. The van der Waals surface area contributed by atoms with Crippen molar-refractivity contribution in [3.8, 4) is 0 Å². The van der Waals surface area contributed by atoms with E-state index in [9.17, 15) is 4.39 Å². The quantitative estimate of drug-likeness (QED) is 0.633. The second kappa shape index (κ2) is 5.81. The standard InChI is InChI=1S/C15H25FN2/c1-10-8-12(6-7-13(10)16)14(18-17)9-11(2)15(3,4)5/h6-8,11,14,18H,9,17H2,1-5H3. The van der Waals surface area contributed by atoms with Crippen molar-refractivity contribution in [2.75, 3.05) is 0 Å². The topological polar surface area (TPSA) is 38.0 Å². The first-order valence-corrected chi connectivity index (χ1v) is 6.48. The third-order valence-corrected chi connectivity index (χ3v) is 3.85. The molecule has 1 aromatic carbocycles. The number of benzene rings is 1. The fourth-order valence-electron chi connectivity index (χ4n) is 1.89. The van der Waals surface area contributed by atoms with E-state index in [0.29, 0.717) is 11.5 Å². The maximum atomic E-state index is 13.3. The summed E-state index contributed by atoms with van der Waals surface area (Å²) in [6.07, 6.45) is 0.936. The molecule has 0 saturated carbocycles. The first-order chi connectivity index (χ1) is 8.25. The van der Waals surface area contributed by atoms with Crippen molar-refractivity contribution < 1.29 is 4.39 Å². The van der Waals surface area contributed by atoms with Gasteiger partial charge in [0.15, 0.2) is 0 Å². The van der Waals surface area contributed by atoms with Gasteiger partial charge < -0.3 is 0 Å². The zero-order valence-corrected chi connectivity index (χ0v) is 12.0. The van der Waals surface area contributed by atoms with Crippen LogP contribution in [-0.2, 0) is 0 Å². The van der Waals surface area contributed by atoms with E-state index in [2.05, 4.69) is 33.1 Å². The van der Waals surface area contributed by atoms with Crippen LogP contribution in [0.15, 0.2) is 18.2 Å². The van der Waals surface area contributed by atoms with E-state index in [4.69, 9.17) is 5.84 Å². The molecule has 102 valence electrons. The molecule has 0 amide bonds. The Hall–Kier alpha value is -0.930. The molecule has 2 nitrogen and oxygen atoms in total. The number of halogens is 1. The first kappa shape index (κ1) is 15.1. The Morgan fingerprint density at radius 1 is 1.33 bits per heavy atom. The molecule has 1 rings (SSSR count). The van der Waals surface area contributed by atoms with Gasteiger partial charge in [-0.2, -0.15) is 0 Å². The summed E-state index contributed by atoms with van der Waals surface area (Å²) >= 11 is 0. The van der Waals surface area contributed by atoms with E-state index >= 15 is 0 Å². The number of hydrazine groups is 1. The van der Waals surface area contributed by atoms with Gasteiger partial charge >= 0.3 is 0 Å². The van der Waals surface area contributed by atoms with Gasteiger partial charge in [0, 0.05) is 6.04 Å². The lowest BCUT2D eigenvalue weighted by molar-refractivity contribution is 0.223. The largest absolute Gasteiger partial charge is 0.271 e. The number of rotatable bonds is 4. The Morgan fingerprint density at radius 3 is 2.39 bits per heavy atom. The smallest absolute Gasteiger partial charge is 0.126 e. The fraction of sp³-hybridized carbons (Fsp3) is 0.600. The van der Waals surface area contributed by atoms with Crippen LogP contribution >= 0.6 is 0 Å². The predicted molar refractivity (Wildman–Crippen MR) is 74.4 cm³/mol. The normalized spacial score (nSPS) is 15.5. The Bertz CT molecular complexity index is 396. The van der Waals surface area contributed by atoms with Crippen LogP contribution in [0, 0.1) is 24.1 Å². The Balaban J connectivity index is 2.86. The minimum Gasteiger partial charge on any atom is -0.271 e. The Kier molecular flexibility index (Phi) is 4.88. The molecule has 0 aromatic heterocycles. The second-order valence-corrected chi connectivity index (χ2v) is 6.23. The van der Waals surface area contributed by atoms with Gasteiger partial charge in [0.25, 0.3) is 0 Å². The molecule has 0 aliphatic heterocycles. The summed E-state index contributed by atoms with van der Waals surface area (Å²) in [5.74, 6) is 5.99. The monoisotopic (exact) mass is 252 g/mol. The highest BCUT2D eigenvalue weighted by Crippen LogP contribution is 2.33. The van der Waals surface area contributed by atoms with Crippen LogP contribution in [-0.4, -0.2) is 0 Å². The number of nitrogens with two attached hydrogens (primary N) is 1. The van der Waals surface area contributed by atoms with E-state index < -0.39 is 0 Å². The van der Waals surface area contributed by atoms with Gasteiger partial charge in [-0.05, 0) is 41.9 Å². The molecule has 0 aliphatic carbocycles. The van der Waals surface area contributed by atoms with Crippen LogP contribution in [0.5, 0.6) is 0 Å². The summed E-state index contributed by atoms with van der Waals surface area (Å²) < 4.78 is 13.3. The van der Waals surface area contributed by atoms with Gasteiger partial charge in [-0.3, -0.25) is 11.3 Å². The summed E-state index contributed by atoms with van der Waals surface area (Å²) in [7, 11) is 0. The molecule has 0 spiro atoms. The van der Waals surface area contributed by atoms with Crippen molar-refractivity contribution in [3.63, 3.8) is 0 Å². The molecular formula is C15H25FN2. The third-order valence-electron chi connectivity index (χ3n) is 3.85. The van der Waals surface area contributed by atoms with Gasteiger partial charge in [-0.1, -0.05) is 39.8 Å². The van der Waals surface area contributed by atoms with Gasteiger partial charge in [0.2, 0.25) is 0 Å². The van der Waals surface area contributed by atoms with Gasteiger partial charge in [0.1, 0.15) is 5.82 Å². The molecule has 0 saturated heterocycles. The molecule has 0 radical (unpaired) electrons. The van der Waals surface area contributed by atoms with Crippen molar-refractivity contribution >= 4 is 0 Å². The summed E-state index contributed by atoms with van der Waals surface area (Å²) in [6, 6.07) is 5.26. The zero-order chi connectivity index (χ0) is 13.9. The van der Waals surface area contributed by atoms with Crippen molar-refractivity contribution in [3.05, 3.63) is 35.1 Å². The SMILES string of the molecule is Cc1cc(C(CC(C)C(C)(C)C)NN)ccc1F. The molecule has 3 N–H and O–H groups in total. The van der Waals surface area contributed by atoms with E-state index in [1.807, 2.05) is 12.1 Å². The van der Waals surface area contributed by atoms with Crippen LogP contribution < -0.4 is 11.3 Å². The first-order valence-electron chi connectivity index (χ1n) is 6.48. The molecule has 2 atom stereocenters. The summed E-state index contributed by atoms with van der Waals surface area (Å²) in [5, 5.41) is 0. The van der Waals surface area contributed by atoms with E-state index in [0.717, 1.165) is 12.0 Å². The van der Waals surface area contributed by atoms with E-state index in [-0.39, 0.29) is 17.3 Å². The van der Waals surface area contributed by atoms with Crippen LogP contribution in [0.2, 0.25) is 0 Å². The highest BCUT2D eigenvalue weighted by molar-refractivity contribution is 5.26. The number of aryl methyl sites for hydroxylation is 1. The third kappa shape index (κ3) is 3.79. The highest BCUT2D eigenvalue weighted by Gasteiger charge is 2.24. The van der Waals surface area contributed by atoms with Crippen molar-refractivity contribution in [2.45, 2.75) is 47.1 Å². The molecule has 0 bridgehead atoms. The van der Waals surface area contributed by atoms with Gasteiger partial charge in [-0.25, -0.2) is 4.39 Å². The Morgan fingerprint density at radius 2 is 1.94 bits per heavy atom. The average molecular weight is 252 g/mol. The van der Waals surface area contributed by atoms with Gasteiger partial charge in [-0.15, -0.1) is 0 Å². The Labute approximate surface area is 110 Å². The highest BCUT2D eigenvalue weighted by atomic mass is 19.1. The molecule has 0 aliphatic rings. The van der Waals surface area contributed by atoms with Crippen molar-refractivity contribution in [1.82, 2.24) is 5.43 Å². The van der Waals surface area contributed by atoms with E-state index in [1.54, 1.807) is 6.92 Å². The molecule has 18 heavy (non-hydrogen) atoms. The van der Waals surface area contributed by atoms with Crippen LogP contribution in [0.25, 0.3) is 0 Å². The summed E-state index contributed by atoms with van der Waals surface area (Å²) in [6.45, 7) is 10.7. The summed E-state index contributed by atoms with van der Waals surface area (Å²) in [4.78, 5) is 0. The summed E-state index contributed by atoms with van der Waals surface area (Å²) in [5.41, 5.74) is 4.80. The average Bonchev–Trinajstić information content (AvgIpc) is 2.28.